The minimum atomic E-state index is -0.288. The second-order valence-electron chi connectivity index (χ2n) is 4.32. The molecule has 1 amide bonds. The maximum absolute atomic E-state index is 11.6. The van der Waals surface area contributed by atoms with E-state index >= 15 is 0 Å². The Kier molecular flexibility index (Phi) is 3.19. The van der Waals surface area contributed by atoms with Crippen molar-refractivity contribution in [3.8, 4) is 0 Å². The lowest BCUT2D eigenvalue weighted by Gasteiger charge is -2.07. The molecule has 3 N–H and O–H groups in total. The molecular weight excluding hydrogens is 208 g/mol. The molecular formula is C10H16N4O2. The Morgan fingerprint density at radius 3 is 3.06 bits per heavy atom. The summed E-state index contributed by atoms with van der Waals surface area (Å²) in [5.41, 5.74) is 0. The van der Waals surface area contributed by atoms with Gasteiger partial charge in [-0.2, -0.15) is 0 Å². The molecule has 0 aromatic carbocycles. The van der Waals surface area contributed by atoms with Gasteiger partial charge in [0.15, 0.2) is 0 Å². The number of hydrogen-bond acceptors (Lipinski definition) is 4. The summed E-state index contributed by atoms with van der Waals surface area (Å²) < 4.78 is 0. The number of hydrogen-bond donors (Lipinski definition) is 3. The lowest BCUT2D eigenvalue weighted by molar-refractivity contribution is 0.0932. The molecule has 16 heavy (non-hydrogen) atoms. The van der Waals surface area contributed by atoms with E-state index in [4.69, 9.17) is 5.11 Å². The molecule has 1 unspecified atom stereocenters. The molecule has 6 heteroatoms. The smallest absolute Gasteiger partial charge is 0.290 e. The van der Waals surface area contributed by atoms with Gasteiger partial charge in [-0.3, -0.25) is 9.89 Å². The largest absolute Gasteiger partial charge is 0.396 e. The van der Waals surface area contributed by atoms with Crippen LogP contribution in [0, 0.1) is 5.92 Å². The average molecular weight is 224 g/mol. The first-order valence-corrected chi connectivity index (χ1v) is 5.52. The third-order valence-corrected chi connectivity index (χ3v) is 2.59. The van der Waals surface area contributed by atoms with Crippen molar-refractivity contribution < 1.29 is 9.90 Å². The Hall–Kier alpha value is -1.43. The predicted molar refractivity (Wildman–Crippen MR) is 56.9 cm³/mol. The fraction of sp³-hybridized carbons (Fsp3) is 0.700. The Balaban J connectivity index is 1.87. The van der Waals surface area contributed by atoms with Crippen LogP contribution in [0.4, 0.5) is 0 Å². The third-order valence-electron chi connectivity index (χ3n) is 2.59. The molecule has 0 bridgehead atoms. The molecule has 0 aliphatic heterocycles. The summed E-state index contributed by atoms with van der Waals surface area (Å²) in [5.74, 6) is 1.21. The number of nitrogens with one attached hydrogen (secondary N) is 2. The van der Waals surface area contributed by atoms with Crippen LogP contribution < -0.4 is 5.32 Å². The second-order valence-corrected chi connectivity index (χ2v) is 4.32. The van der Waals surface area contributed by atoms with Gasteiger partial charge in [-0.05, 0) is 18.8 Å². The second kappa shape index (κ2) is 4.61. The zero-order valence-corrected chi connectivity index (χ0v) is 9.23. The number of carbonyl (C=O) groups is 1. The first-order chi connectivity index (χ1) is 7.70. The van der Waals surface area contributed by atoms with Crippen LogP contribution in [0.3, 0.4) is 0 Å². The van der Waals surface area contributed by atoms with Gasteiger partial charge in [0.25, 0.3) is 5.91 Å². The van der Waals surface area contributed by atoms with Crippen LogP contribution in [-0.2, 0) is 0 Å². The van der Waals surface area contributed by atoms with Crippen molar-refractivity contribution in [1.29, 1.82) is 0 Å². The number of carbonyl (C=O) groups excluding carboxylic acids is 1. The molecule has 1 aromatic rings. The van der Waals surface area contributed by atoms with E-state index in [0.717, 1.165) is 18.7 Å². The van der Waals surface area contributed by atoms with E-state index in [0.29, 0.717) is 12.5 Å². The van der Waals surface area contributed by atoms with Crippen molar-refractivity contribution in [1.82, 2.24) is 20.5 Å². The summed E-state index contributed by atoms with van der Waals surface area (Å²) in [6, 6.07) is 0. The summed E-state index contributed by atoms with van der Waals surface area (Å²) in [6.07, 6.45) is 2.25. The van der Waals surface area contributed by atoms with Crippen molar-refractivity contribution in [2.75, 3.05) is 13.2 Å². The molecule has 1 aliphatic carbocycles. The van der Waals surface area contributed by atoms with Crippen LogP contribution >= 0.6 is 0 Å². The number of aromatic nitrogens is 3. The summed E-state index contributed by atoms with van der Waals surface area (Å²) >= 11 is 0. The van der Waals surface area contributed by atoms with Gasteiger partial charge in [0.05, 0.1) is 0 Å². The van der Waals surface area contributed by atoms with E-state index in [9.17, 15) is 4.79 Å². The molecule has 1 aromatic heterocycles. The van der Waals surface area contributed by atoms with Gasteiger partial charge in [-0.25, -0.2) is 4.98 Å². The Morgan fingerprint density at radius 2 is 2.44 bits per heavy atom. The maximum atomic E-state index is 11.6. The van der Waals surface area contributed by atoms with Gasteiger partial charge in [0.1, 0.15) is 5.82 Å². The molecule has 0 spiro atoms. The first-order valence-electron chi connectivity index (χ1n) is 5.52. The lowest BCUT2D eigenvalue weighted by Crippen LogP contribution is -2.30. The van der Waals surface area contributed by atoms with Gasteiger partial charge in [0.2, 0.25) is 5.82 Å². The molecule has 0 saturated heterocycles. The fourth-order valence-electron chi connectivity index (χ4n) is 1.33. The van der Waals surface area contributed by atoms with Gasteiger partial charge in [-0.1, -0.05) is 6.92 Å². The number of aliphatic hydroxyl groups excluding tert-OH is 1. The highest BCUT2D eigenvalue weighted by atomic mass is 16.3. The van der Waals surface area contributed by atoms with Crippen LogP contribution in [0.5, 0.6) is 0 Å². The van der Waals surface area contributed by atoms with E-state index in [1.807, 2.05) is 6.92 Å². The van der Waals surface area contributed by atoms with E-state index in [-0.39, 0.29) is 24.3 Å². The normalized spacial score (nSPS) is 17.1. The van der Waals surface area contributed by atoms with E-state index in [1.165, 1.54) is 0 Å². The highest BCUT2D eigenvalue weighted by Crippen LogP contribution is 2.37. The molecule has 88 valence electrons. The minimum absolute atomic E-state index is 0.0470. The van der Waals surface area contributed by atoms with E-state index in [2.05, 4.69) is 20.5 Å². The summed E-state index contributed by atoms with van der Waals surface area (Å²) in [5, 5.41) is 18.1. The number of aliphatic hydroxyl groups is 1. The molecule has 2 rings (SSSR count). The summed E-state index contributed by atoms with van der Waals surface area (Å²) in [6.45, 7) is 2.35. The lowest BCUT2D eigenvalue weighted by atomic mass is 10.2. The zero-order valence-electron chi connectivity index (χ0n) is 9.23. The van der Waals surface area contributed by atoms with Crippen LogP contribution in [0.2, 0.25) is 0 Å². The Labute approximate surface area is 93.5 Å². The third kappa shape index (κ3) is 2.57. The van der Waals surface area contributed by atoms with Gasteiger partial charge >= 0.3 is 0 Å². The van der Waals surface area contributed by atoms with Gasteiger partial charge < -0.3 is 10.4 Å². The first kappa shape index (κ1) is 11.1. The predicted octanol–water partition coefficient (Wildman–Crippen LogP) is 0.0403. The van der Waals surface area contributed by atoms with Crippen molar-refractivity contribution in [2.45, 2.75) is 25.7 Å². The molecule has 0 radical (unpaired) electrons. The van der Waals surface area contributed by atoms with E-state index in [1.54, 1.807) is 0 Å². The molecule has 1 heterocycles. The number of rotatable bonds is 5. The van der Waals surface area contributed by atoms with Crippen LogP contribution in [0.15, 0.2) is 0 Å². The fourth-order valence-corrected chi connectivity index (χ4v) is 1.33. The van der Waals surface area contributed by atoms with Crippen LogP contribution in [-0.4, -0.2) is 39.3 Å². The Morgan fingerprint density at radius 1 is 1.69 bits per heavy atom. The summed E-state index contributed by atoms with van der Waals surface area (Å²) in [4.78, 5) is 15.7. The van der Waals surface area contributed by atoms with Crippen molar-refractivity contribution in [2.24, 2.45) is 5.92 Å². The monoisotopic (exact) mass is 224 g/mol. The van der Waals surface area contributed by atoms with Crippen molar-refractivity contribution in [3.63, 3.8) is 0 Å². The standard InChI is InChI=1S/C10H16N4O2/c1-6(5-15)4-11-10(16)9-12-8(13-14-9)7-2-3-7/h6-7,15H,2-5H2,1H3,(H,11,16)(H,12,13,14). The molecule has 1 fully saturated rings. The number of amides is 1. The molecule has 1 aliphatic rings. The van der Waals surface area contributed by atoms with Crippen molar-refractivity contribution in [3.05, 3.63) is 11.6 Å². The van der Waals surface area contributed by atoms with Crippen LogP contribution in [0.1, 0.15) is 42.1 Å². The van der Waals surface area contributed by atoms with Crippen molar-refractivity contribution >= 4 is 5.91 Å². The average Bonchev–Trinajstić information content (AvgIpc) is 3.03. The number of aromatic amines is 1. The number of H-pyrrole nitrogens is 1. The topological polar surface area (TPSA) is 90.9 Å². The molecule has 1 atom stereocenters. The van der Waals surface area contributed by atoms with E-state index < -0.39 is 0 Å². The Bertz CT molecular complexity index is 373. The van der Waals surface area contributed by atoms with Crippen LogP contribution in [0.25, 0.3) is 0 Å². The minimum Gasteiger partial charge on any atom is -0.396 e. The maximum Gasteiger partial charge on any atom is 0.290 e. The highest BCUT2D eigenvalue weighted by Gasteiger charge is 2.28. The molecule has 6 nitrogen and oxygen atoms in total. The van der Waals surface area contributed by atoms with Gasteiger partial charge in [0, 0.05) is 19.1 Å². The SMILES string of the molecule is CC(CO)CNC(=O)c1n[nH]c(C2CC2)n1. The van der Waals surface area contributed by atoms with Gasteiger partial charge in [-0.15, -0.1) is 5.10 Å². The number of nitrogens with zero attached hydrogens (tertiary/aromatic N) is 2. The highest BCUT2D eigenvalue weighted by molar-refractivity contribution is 5.90. The quantitative estimate of drug-likeness (QED) is 0.658. The molecule has 1 saturated carbocycles. The summed E-state index contributed by atoms with van der Waals surface area (Å²) in [7, 11) is 0. The zero-order chi connectivity index (χ0) is 11.5.